The number of hydrogen-bond donors (Lipinski definition) is 1. The number of rotatable bonds is 2. The lowest BCUT2D eigenvalue weighted by Gasteiger charge is -2.07. The molecule has 3 rings (SSSR count). The maximum Gasteiger partial charge on any atom is 0.111 e. The lowest BCUT2D eigenvalue weighted by molar-refractivity contribution is 0.277. The van der Waals surface area contributed by atoms with Gasteiger partial charge in [-0.3, -0.25) is 4.98 Å². The van der Waals surface area contributed by atoms with Gasteiger partial charge in [0.1, 0.15) is 11.3 Å². The molecule has 4 heteroatoms. The second-order valence-corrected chi connectivity index (χ2v) is 4.45. The van der Waals surface area contributed by atoms with Gasteiger partial charge in [0.05, 0.1) is 23.3 Å². The summed E-state index contributed by atoms with van der Waals surface area (Å²) in [5.41, 5.74) is 3.91. The van der Waals surface area contributed by atoms with Gasteiger partial charge in [0.15, 0.2) is 0 Å². The van der Waals surface area contributed by atoms with Crippen molar-refractivity contribution in [3.8, 4) is 0 Å². The van der Waals surface area contributed by atoms with Crippen molar-refractivity contribution < 1.29 is 5.11 Å². The van der Waals surface area contributed by atoms with E-state index in [9.17, 15) is 5.11 Å². The predicted molar refractivity (Wildman–Crippen MR) is 71.6 cm³/mol. The smallest absolute Gasteiger partial charge is 0.111 e. The number of hydrogen-bond acceptors (Lipinski definition) is 3. The number of aryl methyl sites for hydroxylation is 2. The molecule has 1 N–H and O–H groups in total. The third-order valence-corrected chi connectivity index (χ3v) is 3.27. The Balaban J connectivity index is 2.51. The maximum absolute atomic E-state index is 9.20. The minimum Gasteiger partial charge on any atom is -0.395 e. The van der Waals surface area contributed by atoms with Crippen LogP contribution in [-0.4, -0.2) is 26.2 Å². The van der Waals surface area contributed by atoms with Crippen LogP contribution in [-0.2, 0) is 6.54 Å². The third kappa shape index (κ3) is 1.49. The third-order valence-electron chi connectivity index (χ3n) is 3.27. The molecule has 0 aliphatic rings. The zero-order chi connectivity index (χ0) is 12.7. The Labute approximate surface area is 105 Å². The number of para-hydroxylation sites is 1. The minimum atomic E-state index is 0.113. The number of nitrogens with zero attached hydrogens (tertiary/aromatic N) is 3. The molecule has 0 saturated carbocycles. The highest BCUT2D eigenvalue weighted by Crippen LogP contribution is 2.26. The highest BCUT2D eigenvalue weighted by Gasteiger charge is 2.13. The van der Waals surface area contributed by atoms with Crippen molar-refractivity contribution in [3.63, 3.8) is 0 Å². The Hall–Kier alpha value is -1.94. The van der Waals surface area contributed by atoms with E-state index in [0.717, 1.165) is 33.5 Å². The van der Waals surface area contributed by atoms with E-state index in [0.29, 0.717) is 6.54 Å². The van der Waals surface area contributed by atoms with Gasteiger partial charge in [-0.2, -0.15) is 0 Å². The molecule has 18 heavy (non-hydrogen) atoms. The molecule has 0 amide bonds. The summed E-state index contributed by atoms with van der Waals surface area (Å²) >= 11 is 0. The van der Waals surface area contributed by atoms with Crippen LogP contribution in [0.15, 0.2) is 24.3 Å². The van der Waals surface area contributed by atoms with Gasteiger partial charge in [-0.15, -0.1) is 0 Å². The Kier molecular flexibility index (Phi) is 2.52. The highest BCUT2D eigenvalue weighted by molar-refractivity contribution is 6.03. The van der Waals surface area contributed by atoms with E-state index in [2.05, 4.69) is 20.6 Å². The molecule has 4 nitrogen and oxygen atoms in total. The number of aliphatic hydroxyl groups excluding tert-OH is 1. The molecule has 0 aliphatic heterocycles. The Morgan fingerprint density at radius 1 is 1.17 bits per heavy atom. The quantitative estimate of drug-likeness (QED) is 0.748. The normalized spacial score (nSPS) is 11.5. The van der Waals surface area contributed by atoms with Crippen LogP contribution in [0.3, 0.4) is 0 Å². The molecule has 0 spiro atoms. The molecule has 92 valence electrons. The lowest BCUT2D eigenvalue weighted by atomic mass is 10.1. The van der Waals surface area contributed by atoms with Crippen molar-refractivity contribution >= 4 is 21.9 Å². The largest absolute Gasteiger partial charge is 0.395 e. The zero-order valence-electron chi connectivity index (χ0n) is 10.5. The second kappa shape index (κ2) is 4.07. The van der Waals surface area contributed by atoms with Crippen molar-refractivity contribution in [3.05, 3.63) is 35.8 Å². The summed E-state index contributed by atoms with van der Waals surface area (Å²) in [5, 5.41) is 10.3. The zero-order valence-corrected chi connectivity index (χ0v) is 10.5. The Morgan fingerprint density at radius 3 is 2.72 bits per heavy atom. The van der Waals surface area contributed by atoms with Gasteiger partial charge in [0, 0.05) is 11.9 Å². The van der Waals surface area contributed by atoms with Gasteiger partial charge in [-0.25, -0.2) is 4.98 Å². The molecule has 0 bridgehead atoms. The molecule has 0 saturated heterocycles. The van der Waals surface area contributed by atoms with Crippen molar-refractivity contribution in [2.24, 2.45) is 0 Å². The Morgan fingerprint density at radius 2 is 1.94 bits per heavy atom. The van der Waals surface area contributed by atoms with Gasteiger partial charge in [-0.05, 0) is 19.9 Å². The number of aromatic nitrogens is 3. The number of benzene rings is 1. The summed E-state index contributed by atoms with van der Waals surface area (Å²) in [6.45, 7) is 4.62. The van der Waals surface area contributed by atoms with Crippen LogP contribution in [0.2, 0.25) is 0 Å². The van der Waals surface area contributed by atoms with E-state index in [-0.39, 0.29) is 6.61 Å². The van der Waals surface area contributed by atoms with Crippen LogP contribution in [0, 0.1) is 13.8 Å². The van der Waals surface area contributed by atoms with E-state index in [1.165, 1.54) is 0 Å². The van der Waals surface area contributed by atoms with Gasteiger partial charge in [-0.1, -0.05) is 18.2 Å². The Bertz CT molecular complexity index is 731. The van der Waals surface area contributed by atoms with Crippen LogP contribution in [0.5, 0.6) is 0 Å². The van der Waals surface area contributed by atoms with Crippen LogP contribution in [0.25, 0.3) is 21.9 Å². The summed E-state index contributed by atoms with van der Waals surface area (Å²) in [4.78, 5) is 9.15. The maximum atomic E-state index is 9.20. The molecule has 0 radical (unpaired) electrons. The van der Waals surface area contributed by atoms with Gasteiger partial charge < -0.3 is 9.67 Å². The standard InChI is InChI=1S/C14H15N3O/c1-9-13-14(17(7-8-18)10(2)16-13)11-5-3-4-6-12(11)15-9/h3-6,18H,7-8H2,1-2H3. The van der Waals surface area contributed by atoms with Crippen LogP contribution < -0.4 is 0 Å². The van der Waals surface area contributed by atoms with E-state index >= 15 is 0 Å². The minimum absolute atomic E-state index is 0.113. The van der Waals surface area contributed by atoms with Gasteiger partial charge in [0.2, 0.25) is 0 Å². The molecule has 0 atom stereocenters. The number of imidazole rings is 1. The SMILES string of the molecule is Cc1nc2ccccc2c2c1nc(C)n2CCO. The molecule has 0 fully saturated rings. The first-order valence-corrected chi connectivity index (χ1v) is 6.05. The summed E-state index contributed by atoms with van der Waals surface area (Å²) < 4.78 is 2.06. The molecular weight excluding hydrogens is 226 g/mol. The van der Waals surface area contributed by atoms with Crippen LogP contribution >= 0.6 is 0 Å². The number of pyridine rings is 1. The average molecular weight is 241 g/mol. The van der Waals surface area contributed by atoms with Crippen molar-refractivity contribution in [2.45, 2.75) is 20.4 Å². The molecular formula is C14H15N3O. The van der Waals surface area contributed by atoms with E-state index in [4.69, 9.17) is 0 Å². The van der Waals surface area contributed by atoms with Gasteiger partial charge in [0.25, 0.3) is 0 Å². The van der Waals surface area contributed by atoms with Crippen molar-refractivity contribution in [2.75, 3.05) is 6.61 Å². The predicted octanol–water partition coefficient (Wildman–Crippen LogP) is 2.19. The average Bonchev–Trinajstić information content (AvgIpc) is 2.69. The molecule has 0 aliphatic carbocycles. The number of aliphatic hydroxyl groups is 1. The molecule has 2 aromatic heterocycles. The van der Waals surface area contributed by atoms with Crippen molar-refractivity contribution in [1.82, 2.24) is 14.5 Å². The molecule has 2 heterocycles. The first-order chi connectivity index (χ1) is 8.72. The fraction of sp³-hybridized carbons (Fsp3) is 0.286. The topological polar surface area (TPSA) is 50.9 Å². The van der Waals surface area contributed by atoms with Crippen LogP contribution in [0.4, 0.5) is 0 Å². The molecule has 0 unspecified atom stereocenters. The second-order valence-electron chi connectivity index (χ2n) is 4.45. The fourth-order valence-electron chi connectivity index (χ4n) is 2.47. The number of fused-ring (bicyclic) bond motifs is 3. The highest BCUT2D eigenvalue weighted by atomic mass is 16.3. The first-order valence-electron chi connectivity index (χ1n) is 6.05. The summed E-state index contributed by atoms with van der Waals surface area (Å²) in [6.07, 6.45) is 0. The monoisotopic (exact) mass is 241 g/mol. The molecule has 1 aromatic carbocycles. The summed E-state index contributed by atoms with van der Waals surface area (Å²) in [7, 11) is 0. The summed E-state index contributed by atoms with van der Waals surface area (Å²) in [5.74, 6) is 0.917. The van der Waals surface area contributed by atoms with Gasteiger partial charge >= 0.3 is 0 Å². The van der Waals surface area contributed by atoms with E-state index < -0.39 is 0 Å². The van der Waals surface area contributed by atoms with Crippen LogP contribution in [0.1, 0.15) is 11.5 Å². The van der Waals surface area contributed by atoms with Crippen molar-refractivity contribution in [1.29, 1.82) is 0 Å². The summed E-state index contributed by atoms with van der Waals surface area (Å²) in [6, 6.07) is 8.05. The fourth-order valence-corrected chi connectivity index (χ4v) is 2.47. The van der Waals surface area contributed by atoms with E-state index in [1.807, 2.05) is 32.0 Å². The first kappa shape index (κ1) is 11.2. The molecule has 3 aromatic rings. The lowest BCUT2D eigenvalue weighted by Crippen LogP contribution is -2.04. The van der Waals surface area contributed by atoms with E-state index in [1.54, 1.807) is 0 Å².